The van der Waals surface area contributed by atoms with Crippen molar-refractivity contribution >= 4 is 23.9 Å². The van der Waals surface area contributed by atoms with Crippen molar-refractivity contribution in [3.05, 3.63) is 16.6 Å². The Morgan fingerprint density at radius 2 is 1.58 bits per heavy atom. The van der Waals surface area contributed by atoms with Gasteiger partial charge in [-0.15, -0.1) is 0 Å². The van der Waals surface area contributed by atoms with Gasteiger partial charge in [0.25, 0.3) is 0 Å². The monoisotopic (exact) mass is 188 g/mol. The molecule has 0 aliphatic rings. The molecule has 1 aromatic rings. The quantitative estimate of drug-likeness (QED) is 0.227. The summed E-state index contributed by atoms with van der Waals surface area (Å²) in [5, 5.41) is 0. The van der Waals surface area contributed by atoms with E-state index in [2.05, 4.69) is 15.8 Å². The number of nitrogen functional groups attached to an aromatic ring is 2. The van der Waals surface area contributed by atoms with Crippen LogP contribution < -0.4 is 28.7 Å². The van der Waals surface area contributed by atoms with Crippen LogP contribution in [0, 0.1) is 4.51 Å². The standard InChI is InChI=1S/C5H9N5S.H3N/c6-9-4-1-3(11)2-5(8-4)10-7;/h1-2H,6-7H2,(H3,8,9,10,11);1H3. The predicted molar refractivity (Wildman–Crippen MR) is 52.3 cm³/mol. The zero-order chi connectivity index (χ0) is 8.27. The number of hydrogen-bond acceptors (Lipinski definition) is 6. The third-order valence-corrected chi connectivity index (χ3v) is 1.39. The van der Waals surface area contributed by atoms with Gasteiger partial charge in [0.15, 0.2) is 0 Å². The first kappa shape index (κ1) is 10.8. The molecule has 7 heteroatoms. The van der Waals surface area contributed by atoms with Crippen LogP contribution in [0.1, 0.15) is 0 Å². The predicted octanol–water partition coefficient (Wildman–Crippen LogP) is 0.477. The van der Waals surface area contributed by atoms with Crippen molar-refractivity contribution < 1.29 is 0 Å². The molecule has 0 spiro atoms. The lowest BCUT2D eigenvalue weighted by atomic mass is 10.4. The Hall–Kier alpha value is -1.15. The largest absolute Gasteiger partial charge is 0.344 e. The fourth-order valence-electron chi connectivity index (χ4n) is 0.699. The van der Waals surface area contributed by atoms with E-state index in [9.17, 15) is 0 Å². The fraction of sp³-hybridized carbons (Fsp3) is 0. The maximum atomic E-state index is 5.15. The van der Waals surface area contributed by atoms with E-state index in [1.54, 1.807) is 12.1 Å². The molecule has 10 N–H and O–H groups in total. The summed E-state index contributed by atoms with van der Waals surface area (Å²) >= 11 is 4.91. The Morgan fingerprint density at radius 3 is 1.92 bits per heavy atom. The summed E-state index contributed by atoms with van der Waals surface area (Å²) in [4.78, 5) is 2.85. The molecule has 0 aliphatic heterocycles. The normalized spacial score (nSPS) is 8.50. The van der Waals surface area contributed by atoms with Gasteiger partial charge in [-0.25, -0.2) is 11.7 Å². The molecule has 0 saturated carbocycles. The van der Waals surface area contributed by atoms with Gasteiger partial charge in [-0.2, -0.15) is 0 Å². The lowest BCUT2D eigenvalue weighted by Gasteiger charge is -2.03. The van der Waals surface area contributed by atoms with Crippen LogP contribution in [0.25, 0.3) is 0 Å². The number of pyridine rings is 1. The third-order valence-electron chi connectivity index (χ3n) is 1.15. The average Bonchev–Trinajstić information content (AvgIpc) is 2.03. The second-order valence-electron chi connectivity index (χ2n) is 1.93. The van der Waals surface area contributed by atoms with E-state index in [0.29, 0.717) is 16.1 Å². The van der Waals surface area contributed by atoms with Crippen molar-refractivity contribution in [3.8, 4) is 0 Å². The Morgan fingerprint density at radius 1 is 1.17 bits per heavy atom. The van der Waals surface area contributed by atoms with E-state index >= 15 is 0 Å². The second-order valence-corrected chi connectivity index (χ2v) is 2.40. The summed E-state index contributed by atoms with van der Waals surface area (Å²) < 4.78 is 0.657. The highest BCUT2D eigenvalue weighted by Gasteiger charge is 1.91. The summed E-state index contributed by atoms with van der Waals surface area (Å²) in [6.07, 6.45) is 0. The van der Waals surface area contributed by atoms with Gasteiger partial charge >= 0.3 is 0 Å². The number of nitrogens with one attached hydrogen (secondary N) is 3. The summed E-state index contributed by atoms with van der Waals surface area (Å²) in [5.74, 6) is 11.5. The van der Waals surface area contributed by atoms with Crippen LogP contribution >= 0.6 is 12.2 Å². The zero-order valence-electron chi connectivity index (χ0n) is 6.42. The number of hydrogen-bond donors (Lipinski definition) is 6. The highest BCUT2D eigenvalue weighted by atomic mass is 32.1. The minimum atomic E-state index is 0. The first-order valence-electron chi connectivity index (χ1n) is 2.94. The van der Waals surface area contributed by atoms with Crippen LogP contribution in [0.2, 0.25) is 0 Å². The Balaban J connectivity index is 0.00000121. The van der Waals surface area contributed by atoms with E-state index in [0.717, 1.165) is 0 Å². The molecule has 0 aliphatic carbocycles. The first-order valence-corrected chi connectivity index (χ1v) is 3.34. The molecule has 1 heterocycles. The summed E-state index contributed by atoms with van der Waals surface area (Å²) in [6.45, 7) is 0. The number of H-pyrrole nitrogens is 1. The van der Waals surface area contributed by atoms with Gasteiger partial charge in [-0.05, 0) is 12.1 Å². The van der Waals surface area contributed by atoms with Gasteiger partial charge in [-0.3, -0.25) is 0 Å². The fourth-order valence-corrected chi connectivity index (χ4v) is 0.935. The molecule has 1 rings (SSSR count). The number of aromatic amines is 1. The Kier molecular flexibility index (Phi) is 4.22. The molecule has 12 heavy (non-hydrogen) atoms. The first-order chi connectivity index (χ1) is 5.26. The topological polar surface area (TPSA) is 127 Å². The van der Waals surface area contributed by atoms with E-state index in [1.165, 1.54) is 0 Å². The molecule has 0 aromatic carbocycles. The van der Waals surface area contributed by atoms with Gasteiger partial charge in [0, 0.05) is 4.51 Å². The van der Waals surface area contributed by atoms with E-state index in [-0.39, 0.29) is 6.15 Å². The Bertz CT molecular complexity index is 269. The number of rotatable bonds is 2. The lowest BCUT2D eigenvalue weighted by molar-refractivity contribution is 1.19. The number of anilines is 2. The molecule has 6 nitrogen and oxygen atoms in total. The van der Waals surface area contributed by atoms with Crippen molar-refractivity contribution in [2.45, 2.75) is 0 Å². The van der Waals surface area contributed by atoms with Crippen LogP contribution in [0.15, 0.2) is 12.1 Å². The van der Waals surface area contributed by atoms with Crippen molar-refractivity contribution in [3.63, 3.8) is 0 Å². The molecule has 68 valence electrons. The molecular formula is C5H12N6S. The van der Waals surface area contributed by atoms with Crippen molar-refractivity contribution in [2.24, 2.45) is 11.7 Å². The SMILES string of the molecule is N.NNc1cc(=S)cc(NN)[nH]1. The van der Waals surface area contributed by atoms with Gasteiger partial charge in [-0.1, -0.05) is 12.2 Å². The highest BCUT2D eigenvalue weighted by molar-refractivity contribution is 7.71. The molecular weight excluding hydrogens is 176 g/mol. The van der Waals surface area contributed by atoms with Crippen LogP contribution in [0.3, 0.4) is 0 Å². The van der Waals surface area contributed by atoms with Crippen molar-refractivity contribution in [1.29, 1.82) is 0 Å². The number of hydrazine groups is 2. The van der Waals surface area contributed by atoms with Crippen LogP contribution in [0.4, 0.5) is 11.6 Å². The van der Waals surface area contributed by atoms with Gasteiger partial charge < -0.3 is 22.0 Å². The van der Waals surface area contributed by atoms with Crippen molar-refractivity contribution in [1.82, 2.24) is 11.1 Å². The molecule has 1 aromatic heterocycles. The average molecular weight is 188 g/mol. The summed E-state index contributed by atoms with van der Waals surface area (Å²) in [6, 6.07) is 3.38. The minimum absolute atomic E-state index is 0. The number of aromatic nitrogens is 1. The molecule has 0 fully saturated rings. The smallest absolute Gasteiger partial charge is 0.120 e. The molecule has 0 saturated heterocycles. The summed E-state index contributed by atoms with van der Waals surface area (Å²) in [5.41, 5.74) is 4.85. The molecule has 0 amide bonds. The van der Waals surface area contributed by atoms with E-state index < -0.39 is 0 Å². The molecule has 0 bridgehead atoms. The van der Waals surface area contributed by atoms with Crippen LogP contribution in [-0.4, -0.2) is 4.98 Å². The van der Waals surface area contributed by atoms with E-state index in [4.69, 9.17) is 23.9 Å². The second kappa shape index (κ2) is 4.67. The maximum absolute atomic E-state index is 5.15. The van der Waals surface area contributed by atoms with E-state index in [1.807, 2.05) is 0 Å². The van der Waals surface area contributed by atoms with Gasteiger partial charge in [0.05, 0.1) is 0 Å². The van der Waals surface area contributed by atoms with Crippen LogP contribution in [0.5, 0.6) is 0 Å². The minimum Gasteiger partial charge on any atom is -0.344 e. The molecule has 0 unspecified atom stereocenters. The van der Waals surface area contributed by atoms with Gasteiger partial charge in [0.1, 0.15) is 11.6 Å². The lowest BCUT2D eigenvalue weighted by Crippen LogP contribution is -2.12. The molecule has 0 atom stereocenters. The third kappa shape index (κ3) is 2.47. The highest BCUT2D eigenvalue weighted by Crippen LogP contribution is 2.07. The van der Waals surface area contributed by atoms with Crippen molar-refractivity contribution in [2.75, 3.05) is 10.9 Å². The van der Waals surface area contributed by atoms with Crippen LogP contribution in [-0.2, 0) is 0 Å². The summed E-state index contributed by atoms with van der Waals surface area (Å²) in [7, 11) is 0. The maximum Gasteiger partial charge on any atom is 0.120 e. The Labute approximate surface area is 74.9 Å². The van der Waals surface area contributed by atoms with Gasteiger partial charge in [0.2, 0.25) is 0 Å². The molecule has 0 radical (unpaired) electrons. The number of nitrogens with two attached hydrogens (primary N) is 2. The zero-order valence-corrected chi connectivity index (χ0v) is 7.24.